The van der Waals surface area contributed by atoms with Crippen molar-refractivity contribution >= 4 is 27.5 Å². The van der Waals surface area contributed by atoms with E-state index in [0.29, 0.717) is 11.3 Å². The Morgan fingerprint density at radius 1 is 1.39 bits per heavy atom. The van der Waals surface area contributed by atoms with E-state index in [1.165, 1.54) is 12.3 Å². The molecule has 0 N–H and O–H groups in total. The Bertz CT molecular complexity index is 577. The van der Waals surface area contributed by atoms with Crippen LogP contribution in [0.2, 0.25) is 0 Å². The van der Waals surface area contributed by atoms with Gasteiger partial charge in [-0.15, -0.1) is 11.6 Å². The van der Waals surface area contributed by atoms with Gasteiger partial charge in [-0.25, -0.2) is 9.37 Å². The summed E-state index contributed by atoms with van der Waals surface area (Å²) >= 11 is 8.97. The molecule has 0 atom stereocenters. The third-order valence-corrected chi connectivity index (χ3v) is 3.22. The molecule has 0 aliphatic heterocycles. The van der Waals surface area contributed by atoms with Crippen LogP contribution in [0, 0.1) is 12.7 Å². The maximum Gasteiger partial charge on any atom is 0.256 e. The monoisotopic (exact) mass is 329 g/mol. The lowest BCUT2D eigenvalue weighted by atomic mass is 10.2. The summed E-state index contributed by atoms with van der Waals surface area (Å²) in [6, 6.07) is 7.07. The van der Waals surface area contributed by atoms with Crippen LogP contribution in [0.3, 0.4) is 0 Å². The first-order valence-electron chi connectivity index (χ1n) is 5.25. The van der Waals surface area contributed by atoms with Gasteiger partial charge in [0.15, 0.2) is 5.82 Å². The van der Waals surface area contributed by atoms with Crippen LogP contribution < -0.4 is 4.74 Å². The molecular formula is C13H10BrClFNO. The predicted octanol–water partition coefficient (Wildman–Crippen LogP) is 4.82. The first-order valence-corrected chi connectivity index (χ1v) is 6.58. The van der Waals surface area contributed by atoms with Crippen LogP contribution in [0.15, 0.2) is 34.9 Å². The normalized spacial score (nSPS) is 10.4. The summed E-state index contributed by atoms with van der Waals surface area (Å²) < 4.78 is 20.3. The van der Waals surface area contributed by atoms with E-state index in [1.807, 2.05) is 19.1 Å². The van der Waals surface area contributed by atoms with E-state index in [0.717, 1.165) is 10.0 Å². The maximum absolute atomic E-state index is 13.9. The zero-order valence-electron chi connectivity index (χ0n) is 9.58. The molecule has 1 heterocycles. The fourth-order valence-electron chi connectivity index (χ4n) is 1.42. The van der Waals surface area contributed by atoms with Crippen molar-refractivity contribution in [1.82, 2.24) is 4.98 Å². The number of nitrogens with zero attached hydrogens (tertiary/aromatic N) is 1. The number of alkyl halides is 1. The minimum atomic E-state index is -0.521. The average Bonchev–Trinajstić information content (AvgIpc) is 2.36. The van der Waals surface area contributed by atoms with Crippen LogP contribution in [0.5, 0.6) is 11.6 Å². The highest BCUT2D eigenvalue weighted by atomic mass is 79.9. The Morgan fingerprint density at radius 3 is 2.89 bits per heavy atom. The molecule has 5 heteroatoms. The highest BCUT2D eigenvalue weighted by Crippen LogP contribution is 2.29. The molecule has 0 spiro atoms. The van der Waals surface area contributed by atoms with Crippen molar-refractivity contribution in [2.24, 2.45) is 0 Å². The lowest BCUT2D eigenvalue weighted by molar-refractivity contribution is 0.417. The number of rotatable bonds is 3. The van der Waals surface area contributed by atoms with Gasteiger partial charge in [0.1, 0.15) is 5.75 Å². The van der Waals surface area contributed by atoms with Crippen molar-refractivity contribution in [1.29, 1.82) is 0 Å². The minimum Gasteiger partial charge on any atom is -0.436 e. The first-order chi connectivity index (χ1) is 8.61. The topological polar surface area (TPSA) is 22.1 Å². The summed E-state index contributed by atoms with van der Waals surface area (Å²) in [5, 5.41) is 0. The highest BCUT2D eigenvalue weighted by molar-refractivity contribution is 9.10. The molecule has 94 valence electrons. The number of aryl methyl sites for hydroxylation is 1. The van der Waals surface area contributed by atoms with E-state index in [4.69, 9.17) is 16.3 Å². The zero-order chi connectivity index (χ0) is 13.1. The second-order valence-electron chi connectivity index (χ2n) is 3.73. The van der Waals surface area contributed by atoms with E-state index >= 15 is 0 Å². The Balaban J connectivity index is 2.37. The maximum atomic E-state index is 13.9. The van der Waals surface area contributed by atoms with Crippen LogP contribution in [0.4, 0.5) is 4.39 Å². The number of halogens is 3. The summed E-state index contributed by atoms with van der Waals surface area (Å²) in [5.41, 5.74) is 1.27. The lowest BCUT2D eigenvalue weighted by Gasteiger charge is -2.10. The standard InChI is InChI=1S/C13H10BrClFNO/c1-8-2-3-10(14)6-11(8)18-13-12(16)9(7-15)4-5-17-13/h2-6H,7H2,1H3. The Kier molecular flexibility index (Phi) is 4.19. The lowest BCUT2D eigenvalue weighted by Crippen LogP contribution is -1.96. The number of hydrogen-bond acceptors (Lipinski definition) is 2. The molecule has 0 aliphatic rings. The molecule has 2 rings (SSSR count). The largest absolute Gasteiger partial charge is 0.436 e. The van der Waals surface area contributed by atoms with E-state index < -0.39 is 5.82 Å². The third kappa shape index (κ3) is 2.82. The molecule has 0 amide bonds. The molecule has 2 aromatic rings. The molecule has 0 bridgehead atoms. The number of benzene rings is 1. The molecule has 0 saturated carbocycles. The van der Waals surface area contributed by atoms with E-state index in [9.17, 15) is 4.39 Å². The summed E-state index contributed by atoms with van der Waals surface area (Å²) in [4.78, 5) is 3.88. The van der Waals surface area contributed by atoms with Crippen molar-refractivity contribution < 1.29 is 9.13 Å². The number of hydrogen-bond donors (Lipinski definition) is 0. The predicted molar refractivity (Wildman–Crippen MR) is 72.7 cm³/mol. The molecule has 2 nitrogen and oxygen atoms in total. The van der Waals surface area contributed by atoms with Crippen LogP contribution in [-0.2, 0) is 5.88 Å². The van der Waals surface area contributed by atoms with E-state index in [-0.39, 0.29) is 11.8 Å². The molecule has 0 fully saturated rings. The quantitative estimate of drug-likeness (QED) is 0.753. The van der Waals surface area contributed by atoms with Crippen LogP contribution in [0.25, 0.3) is 0 Å². The zero-order valence-corrected chi connectivity index (χ0v) is 11.9. The van der Waals surface area contributed by atoms with Crippen LogP contribution in [0.1, 0.15) is 11.1 Å². The van der Waals surface area contributed by atoms with Crippen LogP contribution >= 0.6 is 27.5 Å². The highest BCUT2D eigenvalue weighted by Gasteiger charge is 2.12. The Hall–Kier alpha value is -1.13. The van der Waals surface area contributed by atoms with Gasteiger partial charge in [-0.3, -0.25) is 0 Å². The third-order valence-electron chi connectivity index (χ3n) is 2.44. The van der Waals surface area contributed by atoms with Crippen molar-refractivity contribution in [3.05, 3.63) is 51.9 Å². The van der Waals surface area contributed by atoms with Gasteiger partial charge in [0.2, 0.25) is 0 Å². The van der Waals surface area contributed by atoms with Gasteiger partial charge in [-0.05, 0) is 30.7 Å². The summed E-state index contributed by atoms with van der Waals surface area (Å²) in [7, 11) is 0. The number of pyridine rings is 1. The van der Waals surface area contributed by atoms with Gasteiger partial charge in [0.25, 0.3) is 5.88 Å². The second-order valence-corrected chi connectivity index (χ2v) is 4.92. The van der Waals surface area contributed by atoms with Crippen molar-refractivity contribution in [3.63, 3.8) is 0 Å². The summed E-state index contributed by atoms with van der Waals surface area (Å²) in [5.74, 6) is 0.0612. The van der Waals surface area contributed by atoms with Gasteiger partial charge in [0, 0.05) is 16.2 Å². The van der Waals surface area contributed by atoms with Gasteiger partial charge < -0.3 is 4.74 Å². The molecule has 1 aromatic carbocycles. The molecule has 1 aromatic heterocycles. The summed E-state index contributed by atoms with van der Waals surface area (Å²) in [6.07, 6.45) is 1.48. The van der Waals surface area contributed by atoms with Crippen molar-refractivity contribution in [3.8, 4) is 11.6 Å². The number of ether oxygens (including phenoxy) is 1. The van der Waals surface area contributed by atoms with Crippen molar-refractivity contribution in [2.45, 2.75) is 12.8 Å². The molecule has 0 saturated heterocycles. The van der Waals surface area contributed by atoms with Crippen LogP contribution in [-0.4, -0.2) is 4.98 Å². The second kappa shape index (κ2) is 5.67. The van der Waals surface area contributed by atoms with Crippen molar-refractivity contribution in [2.75, 3.05) is 0 Å². The Morgan fingerprint density at radius 2 is 2.17 bits per heavy atom. The fraction of sp³-hybridized carbons (Fsp3) is 0.154. The van der Waals surface area contributed by atoms with Gasteiger partial charge in [-0.2, -0.15) is 0 Å². The Labute approximate surface area is 118 Å². The van der Waals surface area contributed by atoms with E-state index in [1.54, 1.807) is 6.07 Å². The van der Waals surface area contributed by atoms with Gasteiger partial charge in [0.05, 0.1) is 5.88 Å². The molecular weight excluding hydrogens is 321 g/mol. The average molecular weight is 331 g/mol. The SMILES string of the molecule is Cc1ccc(Br)cc1Oc1nccc(CCl)c1F. The van der Waals surface area contributed by atoms with E-state index in [2.05, 4.69) is 20.9 Å². The molecule has 0 radical (unpaired) electrons. The minimum absolute atomic E-state index is 0.0608. The first kappa shape index (κ1) is 13.3. The van der Waals surface area contributed by atoms with Gasteiger partial charge >= 0.3 is 0 Å². The molecule has 18 heavy (non-hydrogen) atoms. The fourth-order valence-corrected chi connectivity index (χ4v) is 1.97. The number of aromatic nitrogens is 1. The van der Waals surface area contributed by atoms with Gasteiger partial charge in [-0.1, -0.05) is 22.0 Å². The summed E-state index contributed by atoms with van der Waals surface area (Å²) in [6.45, 7) is 1.88. The molecule has 0 unspecified atom stereocenters. The smallest absolute Gasteiger partial charge is 0.256 e. The molecule has 0 aliphatic carbocycles.